The molecule has 32 heavy (non-hydrogen) atoms. The zero-order chi connectivity index (χ0) is 21.7. The van der Waals surface area contributed by atoms with Crippen molar-refractivity contribution in [3.05, 3.63) is 65.7 Å². The summed E-state index contributed by atoms with van der Waals surface area (Å²) in [7, 11) is 0. The lowest BCUT2D eigenvalue weighted by atomic mass is 9.69. The zero-order valence-electron chi connectivity index (χ0n) is 16.6. The summed E-state index contributed by atoms with van der Waals surface area (Å²) in [6, 6.07) is 11.6. The van der Waals surface area contributed by atoms with E-state index in [4.69, 9.17) is 0 Å². The molecule has 1 aromatic carbocycles. The van der Waals surface area contributed by atoms with Crippen LogP contribution in [0.2, 0.25) is 0 Å². The van der Waals surface area contributed by atoms with E-state index in [1.807, 2.05) is 24.3 Å². The number of imide groups is 1. The number of fused-ring (bicyclic) bond motifs is 9. The number of hydrogen-bond donors (Lipinski definition) is 1. The van der Waals surface area contributed by atoms with Crippen LogP contribution in [0.5, 0.6) is 0 Å². The van der Waals surface area contributed by atoms with Crippen LogP contribution in [0.1, 0.15) is 22.1 Å². The van der Waals surface area contributed by atoms with Gasteiger partial charge in [-0.05, 0) is 59.9 Å². The Morgan fingerprint density at radius 3 is 2.47 bits per heavy atom. The average molecular weight is 546 g/mol. The van der Waals surface area contributed by atoms with E-state index in [0.29, 0.717) is 5.69 Å². The van der Waals surface area contributed by atoms with Crippen molar-refractivity contribution >= 4 is 67.9 Å². The molecule has 4 aliphatic rings. The molecule has 0 radical (unpaired) electrons. The molecular formula is C23H17BrN2O3S3. The molecule has 7 rings (SSSR count). The van der Waals surface area contributed by atoms with Crippen molar-refractivity contribution < 1.29 is 9.59 Å². The van der Waals surface area contributed by atoms with Crippen LogP contribution in [-0.4, -0.2) is 22.0 Å². The van der Waals surface area contributed by atoms with Gasteiger partial charge in [0.15, 0.2) is 0 Å². The third-order valence-corrected chi connectivity index (χ3v) is 11.7. The molecule has 2 aliphatic heterocycles. The molecule has 3 aromatic rings. The number of anilines is 1. The Bertz CT molecular complexity index is 1310. The molecule has 7 atom stereocenters. The van der Waals surface area contributed by atoms with Gasteiger partial charge in [0.2, 0.25) is 11.8 Å². The van der Waals surface area contributed by atoms with Crippen LogP contribution in [0.3, 0.4) is 0 Å². The molecular weight excluding hydrogens is 528 g/mol. The highest BCUT2D eigenvalue weighted by molar-refractivity contribution is 9.10. The Hall–Kier alpha value is -1.68. The van der Waals surface area contributed by atoms with E-state index >= 15 is 0 Å². The minimum atomic E-state index is -0.252. The van der Waals surface area contributed by atoms with Gasteiger partial charge in [-0.2, -0.15) is 0 Å². The van der Waals surface area contributed by atoms with Crippen LogP contribution in [0.25, 0.3) is 0 Å². The van der Waals surface area contributed by atoms with E-state index in [-0.39, 0.29) is 57.4 Å². The van der Waals surface area contributed by atoms with Gasteiger partial charge in [0.25, 0.3) is 0 Å². The van der Waals surface area contributed by atoms with Crippen molar-refractivity contribution in [1.82, 2.24) is 4.98 Å². The van der Waals surface area contributed by atoms with Crippen molar-refractivity contribution in [3.8, 4) is 0 Å². The van der Waals surface area contributed by atoms with Crippen LogP contribution in [0, 0.1) is 29.6 Å². The van der Waals surface area contributed by atoms with Gasteiger partial charge in [-0.25, -0.2) is 0 Å². The Morgan fingerprint density at radius 2 is 1.75 bits per heavy atom. The minimum Gasteiger partial charge on any atom is -0.307 e. The molecule has 2 bridgehead atoms. The number of amides is 2. The van der Waals surface area contributed by atoms with Crippen LogP contribution in [0.15, 0.2) is 56.1 Å². The predicted molar refractivity (Wildman–Crippen MR) is 129 cm³/mol. The van der Waals surface area contributed by atoms with Crippen LogP contribution in [0.4, 0.5) is 5.69 Å². The maximum absolute atomic E-state index is 13.6. The highest BCUT2D eigenvalue weighted by Crippen LogP contribution is 2.68. The van der Waals surface area contributed by atoms with Crippen molar-refractivity contribution in [2.75, 3.05) is 4.90 Å². The van der Waals surface area contributed by atoms with Gasteiger partial charge in [-0.15, -0.1) is 23.1 Å². The van der Waals surface area contributed by atoms with Crippen LogP contribution >= 0.6 is 50.4 Å². The molecule has 2 aromatic heterocycles. The lowest BCUT2D eigenvalue weighted by Crippen LogP contribution is -2.42. The summed E-state index contributed by atoms with van der Waals surface area (Å²) in [6.07, 6.45) is 0.921. The molecule has 4 heterocycles. The number of rotatable bonds is 2. The Kier molecular flexibility index (Phi) is 4.27. The van der Waals surface area contributed by atoms with Gasteiger partial charge in [-0.1, -0.05) is 33.3 Å². The quantitative estimate of drug-likeness (QED) is 0.464. The highest BCUT2D eigenvalue weighted by Gasteiger charge is 2.69. The molecule has 9 heteroatoms. The second kappa shape index (κ2) is 6.91. The number of halogens is 1. The maximum Gasteiger partial charge on any atom is 0.305 e. The fraction of sp³-hybridized carbons (Fsp3) is 0.348. The summed E-state index contributed by atoms with van der Waals surface area (Å²) in [5.74, 6) is 0.125. The van der Waals surface area contributed by atoms with E-state index < -0.39 is 0 Å². The van der Waals surface area contributed by atoms with Crippen LogP contribution in [-0.2, 0) is 9.59 Å². The third kappa shape index (κ3) is 2.53. The van der Waals surface area contributed by atoms with Gasteiger partial charge >= 0.3 is 4.87 Å². The number of H-pyrrole nitrogens is 1. The third-order valence-electron chi connectivity index (χ3n) is 7.66. The largest absolute Gasteiger partial charge is 0.307 e. The number of carbonyl (C=O) groups excluding carboxylic acids is 2. The summed E-state index contributed by atoms with van der Waals surface area (Å²) in [6.45, 7) is 0. The first-order chi connectivity index (χ1) is 15.5. The summed E-state index contributed by atoms with van der Waals surface area (Å²) >= 11 is 8.19. The van der Waals surface area contributed by atoms with Crippen molar-refractivity contribution in [2.24, 2.45) is 29.6 Å². The lowest BCUT2D eigenvalue weighted by molar-refractivity contribution is -0.123. The van der Waals surface area contributed by atoms with E-state index in [1.54, 1.807) is 23.1 Å². The standard InChI is InChI=1S/C23H17BrN2O3S3/c24-9-3-5-10(6-4-9)26-21(27)15-11-8-12(16(15)22(26)28)18-14(11)17(13-2-1-7-30-13)19-20(31-18)25-23(29)32-19/h1-7,11-12,14-18H,8H2,(H,25,29)/t11-,12-,14+,15+,16+,17+,18-/m1/s1. The highest BCUT2D eigenvalue weighted by atomic mass is 79.9. The smallest absolute Gasteiger partial charge is 0.305 e. The molecule has 5 nitrogen and oxygen atoms in total. The normalized spacial score (nSPS) is 34.7. The van der Waals surface area contributed by atoms with Gasteiger partial charge in [-0.3, -0.25) is 19.3 Å². The molecule has 2 amide bonds. The number of nitrogens with zero attached hydrogens (tertiary/aromatic N) is 1. The number of nitrogens with one attached hydrogen (secondary N) is 1. The van der Waals surface area contributed by atoms with Crippen molar-refractivity contribution in [2.45, 2.75) is 22.6 Å². The Labute approximate surface area is 204 Å². The summed E-state index contributed by atoms with van der Waals surface area (Å²) in [5.41, 5.74) is 0.658. The first kappa shape index (κ1) is 19.8. The predicted octanol–water partition coefficient (Wildman–Crippen LogP) is 4.94. The number of aromatic nitrogens is 1. The van der Waals surface area contributed by atoms with E-state index in [0.717, 1.165) is 20.8 Å². The molecule has 2 saturated carbocycles. The number of hydrogen-bond acceptors (Lipinski definition) is 6. The number of thiazole rings is 1. The van der Waals surface area contributed by atoms with Crippen molar-refractivity contribution in [3.63, 3.8) is 0 Å². The fourth-order valence-electron chi connectivity index (χ4n) is 6.65. The molecule has 1 saturated heterocycles. The fourth-order valence-corrected chi connectivity index (χ4v) is 10.8. The minimum absolute atomic E-state index is 0.0230. The Balaban J connectivity index is 1.32. The molecule has 3 fully saturated rings. The zero-order valence-corrected chi connectivity index (χ0v) is 20.6. The number of benzene rings is 1. The van der Waals surface area contributed by atoms with Gasteiger partial charge < -0.3 is 4.98 Å². The Morgan fingerprint density at radius 1 is 1.00 bits per heavy atom. The number of aromatic amines is 1. The lowest BCUT2D eigenvalue weighted by Gasteiger charge is -2.42. The second-order valence-corrected chi connectivity index (χ2v) is 13.1. The monoisotopic (exact) mass is 544 g/mol. The van der Waals surface area contributed by atoms with Crippen LogP contribution < -0.4 is 9.77 Å². The average Bonchev–Trinajstić information content (AvgIpc) is 3.57. The summed E-state index contributed by atoms with van der Waals surface area (Å²) in [5, 5.41) is 3.29. The first-order valence-corrected chi connectivity index (χ1v) is 14.0. The number of thiophene rings is 1. The van der Waals surface area contributed by atoms with Gasteiger partial charge in [0.05, 0.1) is 22.5 Å². The van der Waals surface area contributed by atoms with Crippen molar-refractivity contribution in [1.29, 1.82) is 0 Å². The number of thioether (sulfide) groups is 1. The molecule has 162 valence electrons. The molecule has 0 unspecified atom stereocenters. The maximum atomic E-state index is 13.6. The SMILES string of the molecule is O=C1[C@H]2[C@H]3C[C@@H]([C@@H]2C(=O)N1c1ccc(Br)cc1)[C@H]1[C@H](c2cccs2)c2sc(=O)[nH]c2S[C@H]31. The molecule has 2 aliphatic carbocycles. The molecule has 0 spiro atoms. The van der Waals surface area contributed by atoms with E-state index in [2.05, 4.69) is 38.4 Å². The van der Waals surface area contributed by atoms with Gasteiger partial charge in [0, 0.05) is 25.4 Å². The summed E-state index contributed by atoms with van der Waals surface area (Å²) < 4.78 is 0.918. The van der Waals surface area contributed by atoms with E-state index in [1.165, 1.54) is 21.1 Å². The number of carbonyl (C=O) groups is 2. The van der Waals surface area contributed by atoms with Gasteiger partial charge in [0.1, 0.15) is 0 Å². The molecule has 1 N–H and O–H groups in total. The first-order valence-electron chi connectivity index (χ1n) is 10.6. The van der Waals surface area contributed by atoms with E-state index in [9.17, 15) is 14.4 Å². The topological polar surface area (TPSA) is 70.2 Å². The summed E-state index contributed by atoms with van der Waals surface area (Å²) in [4.78, 5) is 46.2. The second-order valence-electron chi connectivity index (χ2n) is 8.96.